The third kappa shape index (κ3) is 4.27. The van der Waals surface area contributed by atoms with Gasteiger partial charge in [0.25, 0.3) is 5.91 Å². The van der Waals surface area contributed by atoms with Crippen molar-refractivity contribution in [2.24, 2.45) is 0 Å². The molecule has 2 heterocycles. The van der Waals surface area contributed by atoms with Crippen molar-refractivity contribution >= 4 is 44.0 Å². The van der Waals surface area contributed by atoms with Crippen LogP contribution in [-0.4, -0.2) is 36.7 Å². The molecule has 1 fully saturated rings. The van der Waals surface area contributed by atoms with Gasteiger partial charge in [0.05, 0.1) is 10.6 Å². The fourth-order valence-corrected chi connectivity index (χ4v) is 5.72. The zero-order valence-corrected chi connectivity index (χ0v) is 18.6. The van der Waals surface area contributed by atoms with Gasteiger partial charge in [-0.15, -0.1) is 11.3 Å². The molecule has 9 heteroatoms. The summed E-state index contributed by atoms with van der Waals surface area (Å²) in [6, 6.07) is 12.0. The molecule has 0 spiro atoms. The van der Waals surface area contributed by atoms with E-state index >= 15 is 0 Å². The van der Waals surface area contributed by atoms with Gasteiger partial charge >= 0.3 is 0 Å². The standard InChI is InChI=1S/C21H20ClN3O3S2/c1-14-4-9-17(30(27,28)25-10-2-3-11-25)12-18(14)20(26)24-21-23-19(13-29-21)15-5-7-16(22)8-6-15/h4-9,12-13H,2-3,10-11H2,1H3,(H,23,24,26). The van der Waals surface area contributed by atoms with Crippen LogP contribution in [0.3, 0.4) is 0 Å². The molecule has 6 nitrogen and oxygen atoms in total. The Balaban J connectivity index is 1.56. The third-order valence-corrected chi connectivity index (χ3v) is 7.93. The first-order chi connectivity index (χ1) is 14.3. The number of aromatic nitrogens is 1. The van der Waals surface area contributed by atoms with Crippen LogP contribution in [-0.2, 0) is 10.0 Å². The van der Waals surface area contributed by atoms with Crippen molar-refractivity contribution < 1.29 is 13.2 Å². The van der Waals surface area contributed by atoms with E-state index in [1.165, 1.54) is 21.7 Å². The van der Waals surface area contributed by atoms with Crippen LogP contribution in [0.2, 0.25) is 5.02 Å². The van der Waals surface area contributed by atoms with Crippen molar-refractivity contribution in [1.29, 1.82) is 0 Å². The Labute approximate surface area is 184 Å². The number of rotatable bonds is 5. The molecule has 0 radical (unpaired) electrons. The lowest BCUT2D eigenvalue weighted by Gasteiger charge is -2.16. The summed E-state index contributed by atoms with van der Waals surface area (Å²) in [5.74, 6) is -0.386. The van der Waals surface area contributed by atoms with Crippen molar-refractivity contribution in [1.82, 2.24) is 9.29 Å². The monoisotopic (exact) mass is 461 g/mol. The second-order valence-electron chi connectivity index (χ2n) is 7.09. The van der Waals surface area contributed by atoms with Crippen LogP contribution in [0.5, 0.6) is 0 Å². The number of benzene rings is 2. The maximum absolute atomic E-state index is 12.9. The number of nitrogens with zero attached hydrogens (tertiary/aromatic N) is 2. The molecule has 1 saturated heterocycles. The molecular weight excluding hydrogens is 442 g/mol. The van der Waals surface area contributed by atoms with E-state index in [0.717, 1.165) is 24.1 Å². The average Bonchev–Trinajstić information content (AvgIpc) is 3.41. The van der Waals surface area contributed by atoms with Gasteiger partial charge in [0.15, 0.2) is 5.13 Å². The van der Waals surface area contributed by atoms with Gasteiger partial charge < -0.3 is 0 Å². The number of sulfonamides is 1. The number of halogens is 1. The van der Waals surface area contributed by atoms with Gasteiger partial charge in [-0.3, -0.25) is 10.1 Å². The maximum atomic E-state index is 12.9. The van der Waals surface area contributed by atoms with Gasteiger partial charge in [0, 0.05) is 34.6 Å². The Hall–Kier alpha value is -2.26. The number of amides is 1. The lowest BCUT2D eigenvalue weighted by molar-refractivity contribution is 0.102. The first-order valence-corrected chi connectivity index (χ1v) is 12.2. The average molecular weight is 462 g/mol. The zero-order chi connectivity index (χ0) is 21.3. The summed E-state index contributed by atoms with van der Waals surface area (Å²) in [7, 11) is -3.59. The number of hydrogen-bond donors (Lipinski definition) is 1. The highest BCUT2D eigenvalue weighted by Crippen LogP contribution is 2.27. The lowest BCUT2D eigenvalue weighted by atomic mass is 10.1. The quantitative estimate of drug-likeness (QED) is 0.591. The van der Waals surface area contributed by atoms with Crippen LogP contribution < -0.4 is 5.32 Å². The number of aryl methyl sites for hydroxylation is 1. The van der Waals surface area contributed by atoms with E-state index in [1.54, 1.807) is 31.2 Å². The summed E-state index contributed by atoms with van der Waals surface area (Å²) in [5.41, 5.74) is 2.64. The van der Waals surface area contributed by atoms with Gasteiger partial charge in [-0.25, -0.2) is 13.4 Å². The number of carbonyl (C=O) groups excluding carboxylic acids is 1. The predicted molar refractivity (Wildman–Crippen MR) is 120 cm³/mol. The topological polar surface area (TPSA) is 79.4 Å². The number of anilines is 1. The summed E-state index contributed by atoms with van der Waals surface area (Å²) in [6.07, 6.45) is 1.72. The molecule has 0 aliphatic carbocycles. The Morgan fingerprint density at radius 1 is 1.13 bits per heavy atom. The maximum Gasteiger partial charge on any atom is 0.257 e. The van der Waals surface area contributed by atoms with Crippen molar-refractivity contribution in [3.8, 4) is 11.3 Å². The SMILES string of the molecule is Cc1ccc(S(=O)(=O)N2CCCC2)cc1C(=O)Nc1nc(-c2ccc(Cl)cc2)cs1. The molecule has 0 unspecified atom stereocenters. The van der Waals surface area contributed by atoms with E-state index in [2.05, 4.69) is 10.3 Å². The molecule has 0 bridgehead atoms. The first-order valence-electron chi connectivity index (χ1n) is 9.48. The van der Waals surface area contributed by atoms with Gasteiger partial charge in [0.2, 0.25) is 10.0 Å². The summed E-state index contributed by atoms with van der Waals surface area (Å²) in [6.45, 7) is 2.82. The summed E-state index contributed by atoms with van der Waals surface area (Å²) in [5, 5.41) is 5.71. The molecule has 156 valence electrons. The largest absolute Gasteiger partial charge is 0.298 e. The highest BCUT2D eigenvalue weighted by atomic mass is 35.5. The summed E-state index contributed by atoms with van der Waals surface area (Å²) < 4.78 is 27.1. The van der Waals surface area contributed by atoms with Crippen molar-refractivity contribution in [3.05, 3.63) is 64.0 Å². The summed E-state index contributed by atoms with van der Waals surface area (Å²) in [4.78, 5) is 17.5. The van der Waals surface area contributed by atoms with E-state index in [1.807, 2.05) is 17.5 Å². The fraction of sp³-hybridized carbons (Fsp3) is 0.238. The number of hydrogen-bond acceptors (Lipinski definition) is 5. The van der Waals surface area contributed by atoms with E-state index in [0.29, 0.717) is 34.4 Å². The molecule has 1 N–H and O–H groups in total. The van der Waals surface area contributed by atoms with E-state index in [4.69, 9.17) is 11.6 Å². The molecule has 3 aromatic rings. The molecule has 2 aromatic carbocycles. The fourth-order valence-electron chi connectivity index (χ4n) is 3.33. The highest BCUT2D eigenvalue weighted by Gasteiger charge is 2.28. The van der Waals surface area contributed by atoms with Crippen LogP contribution in [0.1, 0.15) is 28.8 Å². The van der Waals surface area contributed by atoms with Gasteiger partial charge in [-0.1, -0.05) is 29.8 Å². The van der Waals surface area contributed by atoms with Crippen LogP contribution in [0.15, 0.2) is 52.7 Å². The van der Waals surface area contributed by atoms with Crippen LogP contribution in [0, 0.1) is 6.92 Å². The van der Waals surface area contributed by atoms with Crippen LogP contribution in [0.25, 0.3) is 11.3 Å². The molecule has 1 aliphatic heterocycles. The lowest BCUT2D eigenvalue weighted by Crippen LogP contribution is -2.28. The normalized spacial score (nSPS) is 14.7. The molecule has 0 saturated carbocycles. The van der Waals surface area contributed by atoms with Crippen molar-refractivity contribution in [3.63, 3.8) is 0 Å². The first kappa shape index (κ1) is 21.0. The second-order valence-corrected chi connectivity index (χ2v) is 10.3. The van der Waals surface area contributed by atoms with E-state index in [-0.39, 0.29) is 10.8 Å². The second kappa shape index (κ2) is 8.47. The highest BCUT2D eigenvalue weighted by molar-refractivity contribution is 7.89. The number of nitrogens with one attached hydrogen (secondary N) is 1. The molecule has 1 aromatic heterocycles. The predicted octanol–water partition coefficient (Wildman–Crippen LogP) is 4.81. The van der Waals surface area contributed by atoms with Crippen LogP contribution >= 0.6 is 22.9 Å². The van der Waals surface area contributed by atoms with Gasteiger partial charge in [-0.05, 0) is 49.6 Å². The Bertz CT molecular complexity index is 1180. The third-order valence-electron chi connectivity index (χ3n) is 5.02. The molecule has 1 aliphatic rings. The molecular formula is C21H20ClN3O3S2. The van der Waals surface area contributed by atoms with Crippen LogP contribution in [0.4, 0.5) is 5.13 Å². The minimum atomic E-state index is -3.59. The van der Waals surface area contributed by atoms with Crippen molar-refractivity contribution in [2.75, 3.05) is 18.4 Å². The van der Waals surface area contributed by atoms with Gasteiger partial charge in [0.1, 0.15) is 0 Å². The Morgan fingerprint density at radius 2 is 1.83 bits per heavy atom. The number of thiazole rings is 1. The molecule has 30 heavy (non-hydrogen) atoms. The minimum absolute atomic E-state index is 0.140. The van der Waals surface area contributed by atoms with Gasteiger partial charge in [-0.2, -0.15) is 4.31 Å². The number of carbonyl (C=O) groups is 1. The molecule has 4 rings (SSSR count). The van der Waals surface area contributed by atoms with E-state index in [9.17, 15) is 13.2 Å². The molecule has 1 amide bonds. The molecule has 0 atom stereocenters. The Morgan fingerprint density at radius 3 is 2.53 bits per heavy atom. The zero-order valence-electron chi connectivity index (χ0n) is 16.3. The smallest absolute Gasteiger partial charge is 0.257 e. The van der Waals surface area contributed by atoms with E-state index < -0.39 is 10.0 Å². The van der Waals surface area contributed by atoms with Crippen molar-refractivity contribution in [2.45, 2.75) is 24.7 Å². The summed E-state index contributed by atoms with van der Waals surface area (Å²) >= 11 is 7.23. The Kier molecular flexibility index (Phi) is 5.92. The minimum Gasteiger partial charge on any atom is -0.298 e.